The van der Waals surface area contributed by atoms with Crippen molar-refractivity contribution in [3.05, 3.63) is 48.3 Å². The highest BCUT2D eigenvalue weighted by atomic mass is 16.3. The van der Waals surface area contributed by atoms with Crippen LogP contribution in [-0.4, -0.2) is 14.7 Å². The first-order valence-corrected chi connectivity index (χ1v) is 5.49. The summed E-state index contributed by atoms with van der Waals surface area (Å²) in [6.07, 6.45) is 4.60. The maximum absolute atomic E-state index is 10.1. The molecule has 84 valence electrons. The zero-order chi connectivity index (χ0) is 11.5. The van der Waals surface area contributed by atoms with Crippen molar-refractivity contribution in [3.63, 3.8) is 0 Å². The van der Waals surface area contributed by atoms with Gasteiger partial charge in [0.05, 0.1) is 17.8 Å². The van der Waals surface area contributed by atoms with Crippen molar-refractivity contribution in [2.24, 2.45) is 0 Å². The van der Waals surface area contributed by atoms with E-state index in [1.807, 2.05) is 31.3 Å². The van der Waals surface area contributed by atoms with Crippen LogP contribution in [-0.2, 0) is 0 Å². The molecule has 0 aliphatic heterocycles. The molecular weight excluding hydrogens is 200 g/mol. The lowest BCUT2D eigenvalue weighted by atomic mass is 10.0. The quantitative estimate of drug-likeness (QED) is 0.798. The average molecular weight is 216 g/mol. The number of rotatable bonds is 4. The molecule has 0 bridgehead atoms. The number of nitrogens with zero attached hydrogens (tertiary/aromatic N) is 2. The summed E-state index contributed by atoms with van der Waals surface area (Å²) < 4.78 is 1.77. The molecule has 0 aromatic carbocycles. The minimum absolute atomic E-state index is 0.507. The summed E-state index contributed by atoms with van der Waals surface area (Å²) >= 11 is 0. The minimum atomic E-state index is -0.507. The second kappa shape index (κ2) is 4.49. The third kappa shape index (κ3) is 1.99. The highest BCUT2D eigenvalue weighted by Crippen LogP contribution is 2.24. The second-order valence-corrected chi connectivity index (χ2v) is 3.95. The number of aliphatic hydroxyl groups excluding tert-OH is 1. The molecule has 1 atom stereocenters. The van der Waals surface area contributed by atoms with Gasteiger partial charge in [-0.15, -0.1) is 0 Å². The predicted molar refractivity (Wildman–Crippen MR) is 64.2 cm³/mol. The van der Waals surface area contributed by atoms with Crippen LogP contribution in [0.5, 0.6) is 0 Å². The topological polar surface area (TPSA) is 37.5 Å². The van der Waals surface area contributed by atoms with Crippen molar-refractivity contribution in [2.75, 3.05) is 0 Å². The normalized spacial score (nSPS) is 12.9. The molecule has 3 nitrogen and oxygen atoms in total. The van der Waals surface area contributed by atoms with E-state index in [4.69, 9.17) is 0 Å². The van der Waals surface area contributed by atoms with Gasteiger partial charge in [-0.1, -0.05) is 25.1 Å². The molecule has 0 aliphatic carbocycles. The summed E-state index contributed by atoms with van der Waals surface area (Å²) in [5.41, 5.74) is 2.89. The first kappa shape index (κ1) is 10.9. The first-order valence-electron chi connectivity index (χ1n) is 5.49. The first-order chi connectivity index (χ1) is 7.72. The van der Waals surface area contributed by atoms with Gasteiger partial charge in [-0.25, -0.2) is 4.52 Å². The molecule has 0 fully saturated rings. The zero-order valence-electron chi connectivity index (χ0n) is 9.43. The third-order valence-electron chi connectivity index (χ3n) is 2.80. The molecule has 0 amide bonds. The molecule has 1 N–H and O–H groups in total. The number of hydrogen-bond donors (Lipinski definition) is 1. The summed E-state index contributed by atoms with van der Waals surface area (Å²) in [6, 6.07) is 5.82. The molecule has 0 spiro atoms. The molecule has 0 saturated heterocycles. The van der Waals surface area contributed by atoms with Gasteiger partial charge in [0, 0.05) is 11.8 Å². The fourth-order valence-electron chi connectivity index (χ4n) is 1.74. The Labute approximate surface area is 95.0 Å². The SMILES string of the molecule is C=C(CC)CC(O)c1cnn2ccccc12. The molecule has 16 heavy (non-hydrogen) atoms. The third-order valence-corrected chi connectivity index (χ3v) is 2.80. The molecule has 2 heterocycles. The van der Waals surface area contributed by atoms with Crippen LogP contribution in [0.1, 0.15) is 31.4 Å². The second-order valence-electron chi connectivity index (χ2n) is 3.95. The molecule has 2 aromatic heterocycles. The van der Waals surface area contributed by atoms with E-state index in [1.165, 1.54) is 0 Å². The number of hydrogen-bond acceptors (Lipinski definition) is 2. The monoisotopic (exact) mass is 216 g/mol. The van der Waals surface area contributed by atoms with Gasteiger partial charge in [-0.3, -0.25) is 0 Å². The average Bonchev–Trinajstić information content (AvgIpc) is 2.72. The van der Waals surface area contributed by atoms with Gasteiger partial charge in [-0.2, -0.15) is 5.10 Å². The zero-order valence-corrected chi connectivity index (χ0v) is 9.43. The maximum Gasteiger partial charge on any atom is 0.0863 e. The molecule has 2 rings (SSSR count). The Bertz CT molecular complexity index is 501. The Morgan fingerprint density at radius 3 is 3.12 bits per heavy atom. The van der Waals surface area contributed by atoms with Gasteiger partial charge in [0.15, 0.2) is 0 Å². The highest BCUT2D eigenvalue weighted by Gasteiger charge is 2.13. The summed E-state index contributed by atoms with van der Waals surface area (Å²) in [5.74, 6) is 0. The molecular formula is C13H16N2O. The van der Waals surface area contributed by atoms with Gasteiger partial charge in [0.1, 0.15) is 0 Å². The van der Waals surface area contributed by atoms with Crippen molar-refractivity contribution in [1.82, 2.24) is 9.61 Å². The van der Waals surface area contributed by atoms with E-state index in [0.29, 0.717) is 6.42 Å². The van der Waals surface area contributed by atoms with Gasteiger partial charge in [0.2, 0.25) is 0 Å². The fraction of sp³-hybridized carbons (Fsp3) is 0.308. The predicted octanol–water partition coefficient (Wildman–Crippen LogP) is 2.72. The van der Waals surface area contributed by atoms with Gasteiger partial charge in [-0.05, 0) is 25.0 Å². The number of fused-ring (bicyclic) bond motifs is 1. The van der Waals surface area contributed by atoms with E-state index in [-0.39, 0.29) is 0 Å². The standard InChI is InChI=1S/C13H16N2O/c1-3-10(2)8-13(16)11-9-14-15-7-5-4-6-12(11)15/h4-7,9,13,16H,2-3,8H2,1H3. The molecule has 1 unspecified atom stereocenters. The molecule has 2 aromatic rings. The summed E-state index contributed by atoms with van der Waals surface area (Å²) in [7, 11) is 0. The molecule has 0 radical (unpaired) electrons. The van der Waals surface area contributed by atoms with Crippen LogP contribution in [0.15, 0.2) is 42.7 Å². The van der Waals surface area contributed by atoms with Crippen LogP contribution in [0.4, 0.5) is 0 Å². The van der Waals surface area contributed by atoms with E-state index >= 15 is 0 Å². The van der Waals surface area contributed by atoms with Crippen LogP contribution in [0.25, 0.3) is 5.52 Å². The van der Waals surface area contributed by atoms with E-state index < -0.39 is 6.10 Å². The van der Waals surface area contributed by atoms with Crippen molar-refractivity contribution in [2.45, 2.75) is 25.9 Å². The Morgan fingerprint density at radius 1 is 1.56 bits per heavy atom. The number of pyridine rings is 1. The Balaban J connectivity index is 2.29. The minimum Gasteiger partial charge on any atom is -0.388 e. The number of aliphatic hydroxyl groups is 1. The Morgan fingerprint density at radius 2 is 2.38 bits per heavy atom. The number of aromatic nitrogens is 2. The van der Waals surface area contributed by atoms with Crippen LogP contribution in [0, 0.1) is 0 Å². The van der Waals surface area contributed by atoms with Crippen LogP contribution in [0.2, 0.25) is 0 Å². The lowest BCUT2D eigenvalue weighted by Crippen LogP contribution is -1.98. The van der Waals surface area contributed by atoms with E-state index in [1.54, 1.807) is 10.7 Å². The smallest absolute Gasteiger partial charge is 0.0863 e. The van der Waals surface area contributed by atoms with Gasteiger partial charge >= 0.3 is 0 Å². The van der Waals surface area contributed by atoms with Gasteiger partial charge in [0.25, 0.3) is 0 Å². The van der Waals surface area contributed by atoms with Crippen molar-refractivity contribution in [1.29, 1.82) is 0 Å². The van der Waals surface area contributed by atoms with Crippen molar-refractivity contribution < 1.29 is 5.11 Å². The van der Waals surface area contributed by atoms with E-state index in [2.05, 4.69) is 11.7 Å². The highest BCUT2D eigenvalue weighted by molar-refractivity contribution is 5.54. The summed E-state index contributed by atoms with van der Waals surface area (Å²) in [4.78, 5) is 0. The molecule has 0 aliphatic rings. The van der Waals surface area contributed by atoms with Gasteiger partial charge < -0.3 is 5.11 Å². The fourth-order valence-corrected chi connectivity index (χ4v) is 1.74. The molecule has 0 saturated carbocycles. The Hall–Kier alpha value is -1.61. The lowest BCUT2D eigenvalue weighted by Gasteiger charge is -2.10. The van der Waals surface area contributed by atoms with Crippen LogP contribution in [0.3, 0.4) is 0 Å². The summed E-state index contributed by atoms with van der Waals surface area (Å²) in [5, 5.41) is 14.3. The largest absolute Gasteiger partial charge is 0.388 e. The van der Waals surface area contributed by atoms with E-state index in [0.717, 1.165) is 23.1 Å². The van der Waals surface area contributed by atoms with E-state index in [9.17, 15) is 5.11 Å². The molecule has 3 heteroatoms. The maximum atomic E-state index is 10.1. The summed E-state index contributed by atoms with van der Waals surface area (Å²) in [6.45, 7) is 5.96. The van der Waals surface area contributed by atoms with Crippen molar-refractivity contribution >= 4 is 5.52 Å². The van der Waals surface area contributed by atoms with Crippen LogP contribution >= 0.6 is 0 Å². The van der Waals surface area contributed by atoms with Crippen LogP contribution < -0.4 is 0 Å². The Kier molecular flexibility index (Phi) is 3.06. The van der Waals surface area contributed by atoms with Crippen molar-refractivity contribution in [3.8, 4) is 0 Å². The lowest BCUT2D eigenvalue weighted by molar-refractivity contribution is 0.179.